The number of amides is 2. The summed E-state index contributed by atoms with van der Waals surface area (Å²) in [5, 5.41) is 3.04. The van der Waals surface area contributed by atoms with E-state index in [0.29, 0.717) is 19.6 Å². The molecule has 0 aliphatic carbocycles. The van der Waals surface area contributed by atoms with Crippen molar-refractivity contribution in [2.75, 3.05) is 50.7 Å². The van der Waals surface area contributed by atoms with Gasteiger partial charge in [-0.15, -0.1) is 0 Å². The summed E-state index contributed by atoms with van der Waals surface area (Å²) in [5.74, 6) is 0.279. The number of benzene rings is 1. The maximum absolute atomic E-state index is 12.8. The van der Waals surface area contributed by atoms with Crippen LogP contribution >= 0.6 is 0 Å². The van der Waals surface area contributed by atoms with Crippen molar-refractivity contribution in [3.05, 3.63) is 29.8 Å². The van der Waals surface area contributed by atoms with Gasteiger partial charge in [-0.25, -0.2) is 0 Å². The van der Waals surface area contributed by atoms with E-state index in [2.05, 4.69) is 46.3 Å². The van der Waals surface area contributed by atoms with Gasteiger partial charge < -0.3 is 15.1 Å². The summed E-state index contributed by atoms with van der Waals surface area (Å²) >= 11 is 0. The molecule has 0 saturated carbocycles. The minimum absolute atomic E-state index is 0.0177. The Morgan fingerprint density at radius 2 is 1.96 bits per heavy atom. The highest BCUT2D eigenvalue weighted by Gasteiger charge is 2.36. The topological polar surface area (TPSA) is 55.9 Å². The van der Waals surface area contributed by atoms with Gasteiger partial charge in [0.25, 0.3) is 0 Å². The average Bonchev–Trinajstić information content (AvgIpc) is 2.94. The van der Waals surface area contributed by atoms with Crippen LogP contribution in [0.5, 0.6) is 0 Å². The number of hydrogen-bond donors (Lipinski definition) is 1. The van der Waals surface area contributed by atoms with Gasteiger partial charge in [0.15, 0.2) is 0 Å². The number of fused-ring (bicyclic) bond motifs is 4. The molecule has 4 aliphatic heterocycles. The predicted octanol–water partition coefficient (Wildman–Crippen LogP) is 0.854. The van der Waals surface area contributed by atoms with Crippen LogP contribution in [0.25, 0.3) is 0 Å². The number of piperidine rings is 1. The highest BCUT2D eigenvalue weighted by molar-refractivity contribution is 5.83. The van der Waals surface area contributed by atoms with Gasteiger partial charge >= 0.3 is 0 Å². The van der Waals surface area contributed by atoms with Gasteiger partial charge in [0, 0.05) is 51.0 Å². The van der Waals surface area contributed by atoms with E-state index in [1.807, 2.05) is 4.90 Å². The SMILES string of the molecule is Cc1cccc(N2CCN(CC(=O)N3CC4CCC(C3)C(=O)N4)CC2)c1. The first-order valence-corrected chi connectivity index (χ1v) is 9.70. The molecule has 2 atom stereocenters. The van der Waals surface area contributed by atoms with Crippen LogP contribution in [0.1, 0.15) is 18.4 Å². The van der Waals surface area contributed by atoms with E-state index in [0.717, 1.165) is 39.0 Å². The molecule has 26 heavy (non-hydrogen) atoms. The van der Waals surface area contributed by atoms with E-state index in [-0.39, 0.29) is 23.8 Å². The number of aryl methyl sites for hydroxylation is 1. The van der Waals surface area contributed by atoms with Crippen molar-refractivity contribution >= 4 is 17.5 Å². The fraction of sp³-hybridized carbons (Fsp3) is 0.600. The van der Waals surface area contributed by atoms with Crippen molar-refractivity contribution in [3.8, 4) is 0 Å². The first kappa shape index (κ1) is 17.3. The average molecular weight is 356 g/mol. The third kappa shape index (κ3) is 3.70. The minimum atomic E-state index is -0.0177. The smallest absolute Gasteiger partial charge is 0.236 e. The van der Waals surface area contributed by atoms with E-state index in [1.54, 1.807) is 0 Å². The Bertz CT molecular complexity index is 684. The first-order valence-electron chi connectivity index (χ1n) is 9.70. The predicted molar refractivity (Wildman–Crippen MR) is 101 cm³/mol. The molecule has 6 nitrogen and oxygen atoms in total. The van der Waals surface area contributed by atoms with Crippen molar-refractivity contribution < 1.29 is 9.59 Å². The molecule has 0 radical (unpaired) electrons. The van der Waals surface area contributed by atoms with Crippen LogP contribution in [-0.2, 0) is 9.59 Å². The lowest BCUT2D eigenvalue weighted by Gasteiger charge is -2.36. The van der Waals surface area contributed by atoms with E-state index in [4.69, 9.17) is 0 Å². The van der Waals surface area contributed by atoms with Gasteiger partial charge in [0.1, 0.15) is 0 Å². The third-order valence-corrected chi connectivity index (χ3v) is 5.91. The minimum Gasteiger partial charge on any atom is -0.369 e. The lowest BCUT2D eigenvalue weighted by Crippen LogP contribution is -2.51. The summed E-state index contributed by atoms with van der Waals surface area (Å²) in [6.45, 7) is 7.54. The Labute approximate surface area is 155 Å². The van der Waals surface area contributed by atoms with Crippen LogP contribution in [-0.4, -0.2) is 73.5 Å². The van der Waals surface area contributed by atoms with Gasteiger partial charge in [-0.1, -0.05) is 12.1 Å². The van der Waals surface area contributed by atoms with Gasteiger partial charge in [-0.05, 0) is 37.5 Å². The van der Waals surface area contributed by atoms with Crippen LogP contribution in [0.3, 0.4) is 0 Å². The maximum Gasteiger partial charge on any atom is 0.236 e. The maximum atomic E-state index is 12.8. The third-order valence-electron chi connectivity index (χ3n) is 5.91. The number of nitrogens with one attached hydrogen (secondary N) is 1. The molecule has 1 aromatic carbocycles. The molecule has 140 valence electrons. The Morgan fingerprint density at radius 1 is 1.15 bits per heavy atom. The monoisotopic (exact) mass is 356 g/mol. The highest BCUT2D eigenvalue weighted by Crippen LogP contribution is 2.23. The fourth-order valence-electron chi connectivity index (χ4n) is 4.33. The van der Waals surface area contributed by atoms with Gasteiger partial charge in [0.05, 0.1) is 12.5 Å². The molecular weight excluding hydrogens is 328 g/mol. The Morgan fingerprint density at radius 3 is 2.69 bits per heavy atom. The Hall–Kier alpha value is -2.08. The summed E-state index contributed by atoms with van der Waals surface area (Å²) < 4.78 is 0. The van der Waals surface area contributed by atoms with Crippen molar-refractivity contribution in [1.29, 1.82) is 0 Å². The zero-order valence-corrected chi connectivity index (χ0v) is 15.5. The van der Waals surface area contributed by atoms with Crippen LogP contribution in [0.2, 0.25) is 0 Å². The second-order valence-corrected chi connectivity index (χ2v) is 7.88. The van der Waals surface area contributed by atoms with Crippen molar-refractivity contribution in [1.82, 2.24) is 15.1 Å². The molecular formula is C20H28N4O2. The van der Waals surface area contributed by atoms with Crippen LogP contribution < -0.4 is 10.2 Å². The van der Waals surface area contributed by atoms with E-state index >= 15 is 0 Å². The van der Waals surface area contributed by atoms with Crippen LogP contribution in [0, 0.1) is 12.8 Å². The molecule has 4 aliphatic rings. The Kier molecular flexibility index (Phi) is 4.85. The summed E-state index contributed by atoms with van der Waals surface area (Å²) in [7, 11) is 0. The molecule has 4 fully saturated rings. The summed E-state index contributed by atoms with van der Waals surface area (Å²) in [4.78, 5) is 31.3. The number of piperazine rings is 1. The zero-order chi connectivity index (χ0) is 18.1. The second-order valence-electron chi connectivity index (χ2n) is 7.88. The normalized spacial score (nSPS) is 26.6. The van der Waals surface area contributed by atoms with E-state index < -0.39 is 0 Å². The molecule has 1 N–H and O–H groups in total. The molecule has 4 heterocycles. The largest absolute Gasteiger partial charge is 0.369 e. The van der Waals surface area contributed by atoms with Gasteiger partial charge in [-0.2, -0.15) is 0 Å². The number of nitrogens with zero attached hydrogens (tertiary/aromatic N) is 3. The lowest BCUT2D eigenvalue weighted by molar-refractivity contribution is -0.133. The number of carbonyl (C=O) groups excluding carboxylic acids is 2. The lowest BCUT2D eigenvalue weighted by atomic mass is 9.96. The van der Waals surface area contributed by atoms with Gasteiger partial charge in [-0.3, -0.25) is 14.5 Å². The van der Waals surface area contributed by atoms with Gasteiger partial charge in [0.2, 0.25) is 11.8 Å². The summed E-state index contributed by atoms with van der Waals surface area (Å²) in [6.07, 6.45) is 1.91. The molecule has 0 aromatic heterocycles. The molecule has 2 unspecified atom stereocenters. The fourth-order valence-corrected chi connectivity index (χ4v) is 4.33. The van der Waals surface area contributed by atoms with Crippen molar-refractivity contribution in [2.24, 2.45) is 5.92 Å². The molecule has 1 aromatic rings. The van der Waals surface area contributed by atoms with E-state index in [1.165, 1.54) is 11.3 Å². The van der Waals surface area contributed by atoms with Crippen molar-refractivity contribution in [2.45, 2.75) is 25.8 Å². The number of hydrogen-bond acceptors (Lipinski definition) is 4. The van der Waals surface area contributed by atoms with Crippen LogP contribution in [0.4, 0.5) is 5.69 Å². The highest BCUT2D eigenvalue weighted by atomic mass is 16.2. The number of carbonyl (C=O) groups is 2. The molecule has 0 spiro atoms. The summed E-state index contributed by atoms with van der Waals surface area (Å²) in [5.41, 5.74) is 2.55. The zero-order valence-electron chi connectivity index (χ0n) is 15.5. The number of anilines is 1. The first-order chi connectivity index (χ1) is 12.6. The molecule has 4 saturated heterocycles. The molecule has 5 rings (SSSR count). The Balaban J connectivity index is 1.30. The quantitative estimate of drug-likeness (QED) is 0.873. The summed E-state index contributed by atoms with van der Waals surface area (Å²) in [6, 6.07) is 8.74. The van der Waals surface area contributed by atoms with E-state index in [9.17, 15) is 9.59 Å². The number of rotatable bonds is 3. The van der Waals surface area contributed by atoms with Crippen molar-refractivity contribution in [3.63, 3.8) is 0 Å². The van der Waals surface area contributed by atoms with Crippen LogP contribution in [0.15, 0.2) is 24.3 Å². The molecule has 2 amide bonds. The molecule has 6 heteroatoms. The second kappa shape index (κ2) is 7.27. The molecule has 2 bridgehead atoms. The standard InChI is InChI=1S/C20H28N4O2/c1-15-3-2-4-18(11-15)23-9-7-22(8-10-23)14-19(25)24-12-16-5-6-17(13-24)21-20(16)26/h2-4,11,16-17H,5-10,12-14H2,1H3,(H,21,26).